The van der Waals surface area contributed by atoms with Gasteiger partial charge in [0.2, 0.25) is 0 Å². The number of aromatic amines is 1. The van der Waals surface area contributed by atoms with E-state index in [1.165, 1.54) is 22.2 Å². The number of hydrogen-bond donors (Lipinski definition) is 1. The van der Waals surface area contributed by atoms with Gasteiger partial charge >= 0.3 is 0 Å². The molecule has 0 atom stereocenters. The molecule has 1 aliphatic heterocycles. The van der Waals surface area contributed by atoms with Crippen LogP contribution in [0.15, 0.2) is 18.2 Å². The number of rotatable bonds is 3. The number of halogens is 1. The Morgan fingerprint density at radius 1 is 1.31 bits per heavy atom. The van der Waals surface area contributed by atoms with Gasteiger partial charge in [-0.25, -0.2) is 0 Å². The van der Waals surface area contributed by atoms with E-state index < -0.39 is 0 Å². The Bertz CT molecular complexity index is 1040. The summed E-state index contributed by atoms with van der Waals surface area (Å²) in [5.74, 6) is 0.978. The van der Waals surface area contributed by atoms with Crippen molar-refractivity contribution in [2.75, 3.05) is 7.05 Å². The topological polar surface area (TPSA) is 41.8 Å². The number of hydrogen-bond acceptors (Lipinski definition) is 3. The van der Waals surface area contributed by atoms with Crippen LogP contribution in [0.1, 0.15) is 30.9 Å². The van der Waals surface area contributed by atoms with E-state index in [9.17, 15) is 0 Å². The molecule has 7 heteroatoms. The van der Waals surface area contributed by atoms with Gasteiger partial charge in [0.1, 0.15) is 5.82 Å². The molecule has 0 fully saturated rings. The molecule has 2 aromatic heterocycles. The van der Waals surface area contributed by atoms with Gasteiger partial charge in [0.05, 0.1) is 0 Å². The Hall–Kier alpha value is -1.63. The summed E-state index contributed by atoms with van der Waals surface area (Å²) in [6.45, 7) is 6.43. The van der Waals surface area contributed by atoms with Crippen LogP contribution in [0, 0.1) is 4.77 Å². The van der Waals surface area contributed by atoms with Crippen molar-refractivity contribution in [1.82, 2.24) is 24.2 Å². The predicted molar refractivity (Wildman–Crippen MR) is 108 cm³/mol. The number of fused-ring (bicyclic) bond motifs is 3. The lowest BCUT2D eigenvalue weighted by molar-refractivity contribution is 0.130. The van der Waals surface area contributed by atoms with Crippen LogP contribution in [0.2, 0.25) is 5.02 Å². The summed E-state index contributed by atoms with van der Waals surface area (Å²) >= 11 is 11.5. The first kappa shape index (κ1) is 17.8. The van der Waals surface area contributed by atoms with Crippen LogP contribution in [-0.4, -0.2) is 36.8 Å². The molecule has 0 bridgehead atoms. The monoisotopic (exact) mass is 389 g/mol. The molecule has 0 unspecified atom stereocenters. The minimum atomic E-state index is 0.133. The second-order valence-electron chi connectivity index (χ2n) is 7.84. The fraction of sp³-hybridized carbons (Fsp3) is 0.474. The summed E-state index contributed by atoms with van der Waals surface area (Å²) in [7, 11) is 4.16. The van der Waals surface area contributed by atoms with Gasteiger partial charge in [-0.3, -0.25) is 10.00 Å². The zero-order chi connectivity index (χ0) is 18.6. The fourth-order valence-corrected chi connectivity index (χ4v) is 4.22. The van der Waals surface area contributed by atoms with Gasteiger partial charge in [-0.05, 0) is 56.9 Å². The summed E-state index contributed by atoms with van der Waals surface area (Å²) in [6.07, 6.45) is 1.85. The van der Waals surface area contributed by atoms with E-state index in [1.54, 1.807) is 0 Å². The van der Waals surface area contributed by atoms with Crippen molar-refractivity contribution in [3.05, 3.63) is 45.1 Å². The van der Waals surface area contributed by atoms with Gasteiger partial charge in [-0.1, -0.05) is 11.6 Å². The predicted octanol–water partition coefficient (Wildman–Crippen LogP) is 4.09. The molecule has 0 amide bonds. The van der Waals surface area contributed by atoms with E-state index in [0.29, 0.717) is 4.77 Å². The van der Waals surface area contributed by atoms with Crippen molar-refractivity contribution >= 4 is 34.7 Å². The van der Waals surface area contributed by atoms with Crippen LogP contribution in [0.4, 0.5) is 0 Å². The third-order valence-corrected chi connectivity index (χ3v) is 6.41. The summed E-state index contributed by atoms with van der Waals surface area (Å²) < 4.78 is 5.06. The Morgan fingerprint density at radius 2 is 2.08 bits per heavy atom. The highest BCUT2D eigenvalue weighted by molar-refractivity contribution is 7.71. The SMILES string of the molecule is CN1Cc2c(n(CCc3n[nH]c(=S)n3C)c3ccc(Cl)cc23)CC1(C)C. The maximum Gasteiger partial charge on any atom is 0.194 e. The van der Waals surface area contributed by atoms with Crippen molar-refractivity contribution in [1.29, 1.82) is 0 Å². The molecular weight excluding hydrogens is 366 g/mol. The molecule has 0 saturated carbocycles. The standard InChI is InChI=1S/C19H24ClN5S/c1-19(2)10-16-14(11-23(19)3)13-9-12(20)5-6-15(13)25(16)8-7-17-21-22-18(26)24(17)4/h5-6,9H,7-8,10-11H2,1-4H3,(H,22,26). The van der Waals surface area contributed by atoms with E-state index >= 15 is 0 Å². The lowest BCUT2D eigenvalue weighted by Crippen LogP contribution is -2.46. The molecule has 1 aromatic carbocycles. The van der Waals surface area contributed by atoms with Gasteiger partial charge in [0, 0.05) is 60.1 Å². The molecule has 0 radical (unpaired) electrons. The Labute approximate surface area is 163 Å². The smallest absolute Gasteiger partial charge is 0.194 e. The maximum atomic E-state index is 6.31. The van der Waals surface area contributed by atoms with Gasteiger partial charge in [-0.2, -0.15) is 5.10 Å². The zero-order valence-corrected chi connectivity index (χ0v) is 17.2. The molecule has 138 valence electrons. The normalized spacial score (nSPS) is 17.0. The number of nitrogens with one attached hydrogen (secondary N) is 1. The van der Waals surface area contributed by atoms with E-state index in [4.69, 9.17) is 23.8 Å². The van der Waals surface area contributed by atoms with Crippen molar-refractivity contribution in [3.63, 3.8) is 0 Å². The molecule has 1 aliphatic rings. The summed E-state index contributed by atoms with van der Waals surface area (Å²) in [5.41, 5.74) is 4.21. The van der Waals surface area contributed by atoms with Crippen molar-refractivity contribution in [3.8, 4) is 0 Å². The average Bonchev–Trinajstić information content (AvgIpc) is 3.04. The highest BCUT2D eigenvalue weighted by Crippen LogP contribution is 2.37. The second kappa shape index (κ2) is 6.22. The van der Waals surface area contributed by atoms with Crippen LogP contribution >= 0.6 is 23.8 Å². The summed E-state index contributed by atoms with van der Waals surface area (Å²) in [4.78, 5) is 2.43. The summed E-state index contributed by atoms with van der Waals surface area (Å²) in [5, 5.41) is 9.30. The van der Waals surface area contributed by atoms with Gasteiger partial charge in [0.15, 0.2) is 4.77 Å². The quantitative estimate of drug-likeness (QED) is 0.686. The second-order valence-corrected chi connectivity index (χ2v) is 8.66. The van der Waals surface area contributed by atoms with E-state index in [0.717, 1.165) is 36.8 Å². The minimum absolute atomic E-state index is 0.133. The molecule has 3 aromatic rings. The van der Waals surface area contributed by atoms with Crippen LogP contribution < -0.4 is 0 Å². The number of H-pyrrole nitrogens is 1. The number of benzene rings is 1. The maximum absolute atomic E-state index is 6.31. The molecule has 0 saturated heterocycles. The number of nitrogens with zero attached hydrogens (tertiary/aromatic N) is 4. The van der Waals surface area contributed by atoms with Crippen molar-refractivity contribution in [2.45, 2.75) is 45.3 Å². The number of likely N-dealkylation sites (N-methyl/N-ethyl adjacent to an activating group) is 1. The van der Waals surface area contributed by atoms with E-state index in [2.05, 4.69) is 52.7 Å². The Kier molecular flexibility index (Phi) is 4.25. The first-order valence-electron chi connectivity index (χ1n) is 8.89. The van der Waals surface area contributed by atoms with Crippen LogP contribution in [-0.2, 0) is 33.0 Å². The molecule has 0 aliphatic carbocycles. The fourth-order valence-electron chi connectivity index (χ4n) is 3.89. The number of aromatic nitrogens is 4. The van der Waals surface area contributed by atoms with Crippen LogP contribution in [0.25, 0.3) is 10.9 Å². The Morgan fingerprint density at radius 3 is 2.77 bits per heavy atom. The molecule has 26 heavy (non-hydrogen) atoms. The first-order valence-corrected chi connectivity index (χ1v) is 9.67. The van der Waals surface area contributed by atoms with Crippen LogP contribution in [0.3, 0.4) is 0 Å². The molecule has 5 nitrogen and oxygen atoms in total. The average molecular weight is 390 g/mol. The Balaban J connectivity index is 1.81. The highest BCUT2D eigenvalue weighted by Gasteiger charge is 2.34. The van der Waals surface area contributed by atoms with E-state index in [1.807, 2.05) is 17.7 Å². The largest absolute Gasteiger partial charge is 0.344 e. The third kappa shape index (κ3) is 2.80. The minimum Gasteiger partial charge on any atom is -0.344 e. The van der Waals surface area contributed by atoms with Gasteiger partial charge < -0.3 is 9.13 Å². The van der Waals surface area contributed by atoms with Crippen molar-refractivity contribution in [2.24, 2.45) is 7.05 Å². The van der Waals surface area contributed by atoms with Crippen LogP contribution in [0.5, 0.6) is 0 Å². The zero-order valence-electron chi connectivity index (χ0n) is 15.6. The first-order chi connectivity index (χ1) is 12.3. The molecule has 3 heterocycles. The lowest BCUT2D eigenvalue weighted by atomic mass is 9.89. The van der Waals surface area contributed by atoms with E-state index in [-0.39, 0.29) is 5.54 Å². The third-order valence-electron chi connectivity index (χ3n) is 5.81. The number of aryl methyl sites for hydroxylation is 2. The molecular formula is C19H24ClN5S. The highest BCUT2D eigenvalue weighted by atomic mass is 35.5. The van der Waals surface area contributed by atoms with Gasteiger partial charge in [0.25, 0.3) is 0 Å². The summed E-state index contributed by atoms with van der Waals surface area (Å²) in [6, 6.07) is 6.23. The molecule has 1 N–H and O–H groups in total. The molecule has 0 spiro atoms. The lowest BCUT2D eigenvalue weighted by Gasteiger charge is -2.40. The molecule has 4 rings (SSSR count). The van der Waals surface area contributed by atoms with Gasteiger partial charge in [-0.15, -0.1) is 0 Å². The van der Waals surface area contributed by atoms with Crippen molar-refractivity contribution < 1.29 is 0 Å².